The number of aromatic nitrogens is 3. The molecule has 1 saturated carbocycles. The van der Waals surface area contributed by atoms with Gasteiger partial charge in [-0.05, 0) is 137 Å². The molecule has 11 rings (SSSR count). The maximum Gasteiger partial charge on any atom is 0.206 e. The van der Waals surface area contributed by atoms with Crippen LogP contribution in [0, 0.1) is 6.57 Å². The highest BCUT2D eigenvalue weighted by Crippen LogP contribution is 2.45. The van der Waals surface area contributed by atoms with Crippen LogP contribution in [0.4, 0.5) is 5.69 Å². The zero-order valence-electron chi connectivity index (χ0n) is 54.5. The summed E-state index contributed by atoms with van der Waals surface area (Å²) in [4.78, 5) is 17.4. The van der Waals surface area contributed by atoms with Gasteiger partial charge in [0.2, 0.25) is 5.69 Å². The SMILES string of the molecule is [2H]c1c([2H])c([2H])c(-c2ccc3oc4c(-c5ccc(C([2H])([2H])C([2H])([2H])c6cc(C([2H])([2H])C([2H])([2H])c7ccc(-c8ccccc8)nc7)cc(C([2H])([2H])C([2H])([2H])c7cnc(-c8ccccc8)cc7C7(C)CCCC7)c6)cn5)cccc4c3c2[N+]#[C-])c([2H])c1[2H]. The molecule has 5 nitrogen and oxygen atoms in total. The quantitative estimate of drug-likeness (QED) is 0.102. The second-order valence-corrected chi connectivity index (χ2v) is 17.3. The number of benzene rings is 6. The number of rotatable bonds is 14. The third-order valence-electron chi connectivity index (χ3n) is 12.7. The molecule has 0 radical (unpaired) electrons. The first-order valence-corrected chi connectivity index (χ1v) is 22.7. The highest BCUT2D eigenvalue weighted by Gasteiger charge is 2.33. The number of aryl methyl sites for hydroxylation is 6. The average molecular weight is 912 g/mol. The van der Waals surface area contributed by atoms with E-state index < -0.39 is 90.6 Å². The van der Waals surface area contributed by atoms with E-state index >= 15 is 0 Å². The maximum absolute atomic E-state index is 9.87. The van der Waals surface area contributed by atoms with Gasteiger partial charge >= 0.3 is 0 Å². The molecule has 0 aliphatic heterocycles. The number of para-hydroxylation sites is 1. The first-order valence-electron chi connectivity index (χ1n) is 31.2. The van der Waals surface area contributed by atoms with Crippen LogP contribution >= 0.6 is 0 Å². The minimum atomic E-state index is -3.21. The van der Waals surface area contributed by atoms with Crippen LogP contribution in [0.15, 0.2) is 193 Å². The van der Waals surface area contributed by atoms with Gasteiger partial charge in [-0.15, -0.1) is 0 Å². The molecular weight excluding hydrogens is 841 g/mol. The van der Waals surface area contributed by atoms with E-state index in [1.165, 1.54) is 48.8 Å². The van der Waals surface area contributed by atoms with Gasteiger partial charge < -0.3 is 4.42 Å². The predicted molar refractivity (Wildman–Crippen MR) is 282 cm³/mol. The summed E-state index contributed by atoms with van der Waals surface area (Å²) >= 11 is 0. The van der Waals surface area contributed by atoms with Gasteiger partial charge in [0, 0.05) is 62.5 Å². The first kappa shape index (κ1) is 28.4. The summed E-state index contributed by atoms with van der Waals surface area (Å²) in [5, 5.41) is 0.724. The fourth-order valence-electron chi connectivity index (χ4n) is 9.17. The average Bonchev–Trinajstić information content (AvgIpc) is 1.15. The summed E-state index contributed by atoms with van der Waals surface area (Å²) in [6.07, 6.45) is -11.8. The summed E-state index contributed by atoms with van der Waals surface area (Å²) in [6.45, 7) is 10.2. The standard InChI is InChI=1S/C64H54N4O/c1-64(35-12-13-36-64)56-40-59(51-19-10-5-11-20-51)68-43-52(56)30-27-48-38-46(25-23-44-28-32-57(66-41-44)50-17-8-4-9-18-50)37-47(39-48)26-24-45-29-33-58(67-42-45)54-21-14-22-55-61-60(69-63(54)55)34-31-53(62(61)65-2)49-15-6-3-7-16-49/h3-11,14-22,28-29,31-34,37-43H,12-13,23-27,30,35-36H2,1H3/i3D,6D,7D,15D,16D,23D2,24D2,25D2,26D2,27D2,30D2. The van der Waals surface area contributed by atoms with Crippen LogP contribution in [0.1, 0.15) is 94.9 Å². The van der Waals surface area contributed by atoms with Crippen molar-refractivity contribution in [1.82, 2.24) is 15.0 Å². The normalized spacial score (nSPS) is 18.1. The van der Waals surface area contributed by atoms with Crippen molar-refractivity contribution >= 4 is 27.6 Å². The number of hydrogen-bond acceptors (Lipinski definition) is 4. The zero-order valence-corrected chi connectivity index (χ0v) is 37.5. The molecule has 1 aliphatic carbocycles. The van der Waals surface area contributed by atoms with Gasteiger partial charge in [-0.1, -0.05) is 159 Å². The monoisotopic (exact) mass is 912 g/mol. The van der Waals surface area contributed by atoms with Crippen molar-refractivity contribution in [2.75, 3.05) is 0 Å². The van der Waals surface area contributed by atoms with E-state index in [9.17, 15) is 16.4 Å². The highest BCUT2D eigenvalue weighted by molar-refractivity contribution is 6.17. The molecule has 0 amide bonds. The fraction of sp³-hybridized carbons (Fsp3) is 0.188. The topological polar surface area (TPSA) is 56.2 Å². The third-order valence-corrected chi connectivity index (χ3v) is 12.7. The van der Waals surface area contributed by atoms with Gasteiger partial charge in [0.05, 0.1) is 30.5 Å². The number of furan rings is 1. The molecule has 0 unspecified atom stereocenters. The molecule has 0 N–H and O–H groups in total. The Morgan fingerprint density at radius 2 is 1.16 bits per heavy atom. The molecule has 0 saturated heterocycles. The van der Waals surface area contributed by atoms with Crippen LogP contribution in [-0.4, -0.2) is 15.0 Å². The van der Waals surface area contributed by atoms with E-state index in [-0.39, 0.29) is 50.4 Å². The number of nitrogens with zero attached hydrogens (tertiary/aromatic N) is 4. The Kier molecular flexibility index (Phi) is 7.96. The molecule has 4 aromatic heterocycles. The van der Waals surface area contributed by atoms with Crippen molar-refractivity contribution in [2.24, 2.45) is 0 Å². The summed E-state index contributed by atoms with van der Waals surface area (Å²) in [6, 6.07) is 34.1. The van der Waals surface area contributed by atoms with E-state index in [4.69, 9.17) is 17.8 Å². The number of hydrogen-bond donors (Lipinski definition) is 0. The Bertz CT molecular complexity index is 4300. The largest absolute Gasteiger partial charge is 0.457 e. The Labute approximate surface area is 429 Å². The van der Waals surface area contributed by atoms with Crippen LogP contribution < -0.4 is 0 Å². The van der Waals surface area contributed by atoms with Gasteiger partial charge in [0.1, 0.15) is 11.2 Å². The molecule has 336 valence electrons. The van der Waals surface area contributed by atoms with Crippen LogP contribution in [0.25, 0.3) is 71.7 Å². The Morgan fingerprint density at radius 1 is 0.565 bits per heavy atom. The Hall–Kier alpha value is -7.94. The summed E-state index contributed by atoms with van der Waals surface area (Å²) in [7, 11) is 0. The lowest BCUT2D eigenvalue weighted by Gasteiger charge is -2.28. The van der Waals surface area contributed by atoms with Crippen molar-refractivity contribution in [3.8, 4) is 44.9 Å². The molecule has 69 heavy (non-hydrogen) atoms. The summed E-state index contributed by atoms with van der Waals surface area (Å²) < 4.78 is 164. The van der Waals surface area contributed by atoms with Gasteiger partial charge in [0.25, 0.3) is 0 Å². The first-order chi connectivity index (χ1) is 40.6. The van der Waals surface area contributed by atoms with Gasteiger partial charge in [-0.3, -0.25) is 15.0 Å². The smallest absolute Gasteiger partial charge is 0.206 e. The molecule has 4 heterocycles. The zero-order chi connectivity index (χ0) is 61.7. The van der Waals surface area contributed by atoms with Gasteiger partial charge in [-0.25, -0.2) is 4.85 Å². The summed E-state index contributed by atoms with van der Waals surface area (Å²) in [5.74, 6) is 0. The molecule has 6 aromatic carbocycles. The number of pyridine rings is 3. The van der Waals surface area contributed by atoms with Crippen LogP contribution in [0.3, 0.4) is 0 Å². The van der Waals surface area contributed by atoms with Crippen molar-refractivity contribution < 1.29 is 27.7 Å². The van der Waals surface area contributed by atoms with Gasteiger partial charge in [-0.2, -0.15) is 0 Å². The molecule has 0 atom stereocenters. The molecule has 0 spiro atoms. The van der Waals surface area contributed by atoms with Crippen molar-refractivity contribution in [3.05, 3.63) is 239 Å². The van der Waals surface area contributed by atoms with E-state index in [1.54, 1.807) is 24.3 Å². The van der Waals surface area contributed by atoms with Crippen LogP contribution in [0.5, 0.6) is 0 Å². The molecule has 5 heteroatoms. The second-order valence-electron chi connectivity index (χ2n) is 17.3. The van der Waals surface area contributed by atoms with E-state index in [0.29, 0.717) is 46.1 Å². The second kappa shape index (κ2) is 19.3. The number of fused-ring (bicyclic) bond motifs is 3. The molecule has 1 fully saturated rings. The minimum absolute atomic E-state index is 0.0245. The Balaban J connectivity index is 1.01. The molecule has 1 aliphatic rings. The fourth-order valence-corrected chi connectivity index (χ4v) is 9.17. The van der Waals surface area contributed by atoms with E-state index in [2.05, 4.69) is 19.8 Å². The van der Waals surface area contributed by atoms with Gasteiger partial charge in [0.15, 0.2) is 0 Å². The molecule has 0 bridgehead atoms. The maximum atomic E-state index is 9.87. The predicted octanol–water partition coefficient (Wildman–Crippen LogP) is 16.2. The van der Waals surface area contributed by atoms with Crippen molar-refractivity contribution in [1.29, 1.82) is 0 Å². The highest BCUT2D eigenvalue weighted by atomic mass is 16.3. The van der Waals surface area contributed by atoms with Crippen LogP contribution in [-0.2, 0) is 43.7 Å². The summed E-state index contributed by atoms with van der Waals surface area (Å²) in [5.41, 5.74) is 1.04. The van der Waals surface area contributed by atoms with Crippen molar-refractivity contribution in [2.45, 2.75) is 76.3 Å². The van der Waals surface area contributed by atoms with E-state index in [0.717, 1.165) is 48.4 Å². The van der Waals surface area contributed by atoms with E-state index in [1.807, 2.05) is 67.6 Å². The third kappa shape index (κ3) is 9.24. The Morgan fingerprint density at radius 3 is 1.78 bits per heavy atom. The molecular formula is C64H54N4O. The van der Waals surface area contributed by atoms with Crippen molar-refractivity contribution in [3.63, 3.8) is 0 Å². The minimum Gasteiger partial charge on any atom is -0.457 e. The lowest BCUT2D eigenvalue weighted by atomic mass is 9.77. The lowest BCUT2D eigenvalue weighted by Crippen LogP contribution is -2.20. The lowest BCUT2D eigenvalue weighted by molar-refractivity contribution is 0.485. The molecule has 10 aromatic rings. The van der Waals surface area contributed by atoms with Crippen LogP contribution in [0.2, 0.25) is 0 Å².